The Balaban J connectivity index is 2.02. The maximum Gasteiger partial charge on any atom is 0.244 e. The lowest BCUT2D eigenvalue weighted by molar-refractivity contribution is -0.120. The zero-order valence-corrected chi connectivity index (χ0v) is 13.8. The van der Waals surface area contributed by atoms with Crippen LogP contribution in [0.25, 0.3) is 0 Å². The van der Waals surface area contributed by atoms with Crippen molar-refractivity contribution in [1.29, 1.82) is 0 Å². The predicted octanol–water partition coefficient (Wildman–Crippen LogP) is 2.42. The molecule has 0 aromatic heterocycles. The summed E-state index contributed by atoms with van der Waals surface area (Å²) in [5.74, 6) is 0.286. The maximum atomic E-state index is 12.0. The first-order valence-corrected chi connectivity index (χ1v) is 7.38. The van der Waals surface area contributed by atoms with Crippen molar-refractivity contribution in [3.63, 3.8) is 0 Å². The van der Waals surface area contributed by atoms with Gasteiger partial charge in [-0.05, 0) is 48.7 Å². The van der Waals surface area contributed by atoms with E-state index >= 15 is 0 Å². The van der Waals surface area contributed by atoms with Gasteiger partial charge in [0.25, 0.3) is 0 Å². The van der Waals surface area contributed by atoms with Gasteiger partial charge >= 0.3 is 0 Å². The number of aromatic hydroxyl groups is 2. The van der Waals surface area contributed by atoms with Crippen molar-refractivity contribution in [3.05, 3.63) is 52.6 Å². The molecular weight excluding hydrogens is 308 g/mol. The normalized spacial score (nSPS) is 10.8. The first kappa shape index (κ1) is 17.3. The SMILES string of the molecule is COc1cc(C)cc(CC(=O)N/N=C/c2c(C)cc(O)cc2O)c1. The number of nitrogens with one attached hydrogen (secondary N) is 1. The molecule has 0 atom stereocenters. The van der Waals surface area contributed by atoms with Gasteiger partial charge in [0.2, 0.25) is 5.91 Å². The van der Waals surface area contributed by atoms with Gasteiger partial charge in [0.1, 0.15) is 17.2 Å². The van der Waals surface area contributed by atoms with Crippen LogP contribution in [0, 0.1) is 13.8 Å². The number of hydrogen-bond donors (Lipinski definition) is 3. The first-order valence-electron chi connectivity index (χ1n) is 7.38. The number of nitrogens with zero attached hydrogens (tertiary/aromatic N) is 1. The lowest BCUT2D eigenvalue weighted by Gasteiger charge is -2.06. The molecule has 0 unspecified atom stereocenters. The van der Waals surface area contributed by atoms with Crippen molar-refractivity contribution < 1.29 is 19.7 Å². The highest BCUT2D eigenvalue weighted by Gasteiger charge is 2.07. The van der Waals surface area contributed by atoms with E-state index in [1.165, 1.54) is 18.3 Å². The zero-order valence-electron chi connectivity index (χ0n) is 13.8. The van der Waals surface area contributed by atoms with Gasteiger partial charge in [-0.1, -0.05) is 6.07 Å². The van der Waals surface area contributed by atoms with Crippen LogP contribution in [-0.4, -0.2) is 29.4 Å². The molecule has 1 amide bonds. The lowest BCUT2D eigenvalue weighted by Crippen LogP contribution is -2.20. The largest absolute Gasteiger partial charge is 0.508 e. The van der Waals surface area contributed by atoms with Gasteiger partial charge in [0.05, 0.1) is 19.7 Å². The predicted molar refractivity (Wildman–Crippen MR) is 91.7 cm³/mol. The van der Waals surface area contributed by atoms with Gasteiger partial charge in [-0.2, -0.15) is 5.10 Å². The summed E-state index contributed by atoms with van der Waals surface area (Å²) in [6, 6.07) is 8.31. The van der Waals surface area contributed by atoms with E-state index in [9.17, 15) is 15.0 Å². The van der Waals surface area contributed by atoms with Crippen molar-refractivity contribution in [2.24, 2.45) is 5.10 Å². The summed E-state index contributed by atoms with van der Waals surface area (Å²) >= 11 is 0. The van der Waals surface area contributed by atoms with E-state index in [2.05, 4.69) is 10.5 Å². The third-order valence-electron chi connectivity index (χ3n) is 3.44. The molecule has 3 N–H and O–H groups in total. The Morgan fingerprint density at radius 1 is 1.21 bits per heavy atom. The highest BCUT2D eigenvalue weighted by molar-refractivity contribution is 5.87. The number of aryl methyl sites for hydroxylation is 2. The average molecular weight is 328 g/mol. The fourth-order valence-electron chi connectivity index (χ4n) is 2.37. The van der Waals surface area contributed by atoms with Crippen LogP contribution < -0.4 is 10.2 Å². The molecule has 0 aliphatic heterocycles. The molecule has 0 heterocycles. The van der Waals surface area contributed by atoms with Crippen LogP contribution in [0.3, 0.4) is 0 Å². The van der Waals surface area contributed by atoms with Crippen molar-refractivity contribution in [2.75, 3.05) is 7.11 Å². The van der Waals surface area contributed by atoms with Gasteiger partial charge in [0, 0.05) is 11.6 Å². The van der Waals surface area contributed by atoms with E-state index in [1.54, 1.807) is 20.1 Å². The highest BCUT2D eigenvalue weighted by Crippen LogP contribution is 2.25. The fourth-order valence-corrected chi connectivity index (χ4v) is 2.37. The number of rotatable bonds is 5. The second kappa shape index (κ2) is 7.50. The Labute approximate surface area is 140 Å². The lowest BCUT2D eigenvalue weighted by atomic mass is 10.1. The number of carbonyl (C=O) groups is 1. The van der Waals surface area contributed by atoms with Gasteiger partial charge in [0.15, 0.2) is 0 Å². The van der Waals surface area contributed by atoms with Crippen molar-refractivity contribution in [1.82, 2.24) is 5.43 Å². The maximum absolute atomic E-state index is 12.0. The van der Waals surface area contributed by atoms with Gasteiger partial charge in [-0.15, -0.1) is 0 Å². The Morgan fingerprint density at radius 3 is 2.62 bits per heavy atom. The van der Waals surface area contributed by atoms with Crippen LogP contribution in [0.4, 0.5) is 0 Å². The number of hydrogen-bond acceptors (Lipinski definition) is 5. The number of benzene rings is 2. The summed E-state index contributed by atoms with van der Waals surface area (Å²) in [5.41, 5.74) is 5.33. The molecule has 0 saturated heterocycles. The molecule has 2 rings (SSSR count). The van der Waals surface area contributed by atoms with E-state index in [1.807, 2.05) is 19.1 Å². The Morgan fingerprint density at radius 2 is 1.96 bits per heavy atom. The monoisotopic (exact) mass is 328 g/mol. The minimum absolute atomic E-state index is 0.0282. The smallest absolute Gasteiger partial charge is 0.244 e. The van der Waals surface area contributed by atoms with E-state index < -0.39 is 0 Å². The molecule has 0 spiro atoms. The Bertz CT molecular complexity index is 762. The molecule has 2 aromatic rings. The number of methoxy groups -OCH3 is 1. The van der Waals surface area contributed by atoms with Gasteiger partial charge < -0.3 is 14.9 Å². The van der Waals surface area contributed by atoms with Crippen molar-refractivity contribution >= 4 is 12.1 Å². The van der Waals surface area contributed by atoms with Gasteiger partial charge in [-0.3, -0.25) is 4.79 Å². The number of phenolic OH excluding ortho intramolecular Hbond substituents is 2. The quantitative estimate of drug-likeness (QED) is 0.581. The molecule has 6 nitrogen and oxygen atoms in total. The second-order valence-corrected chi connectivity index (χ2v) is 5.52. The minimum atomic E-state index is -0.283. The fraction of sp³-hybridized carbons (Fsp3) is 0.222. The molecule has 0 saturated carbocycles. The number of hydrazone groups is 1. The average Bonchev–Trinajstić information content (AvgIpc) is 2.49. The first-order chi connectivity index (χ1) is 11.4. The Hall–Kier alpha value is -3.02. The third-order valence-corrected chi connectivity index (χ3v) is 3.44. The second-order valence-electron chi connectivity index (χ2n) is 5.52. The Kier molecular flexibility index (Phi) is 5.42. The van der Waals surface area contributed by atoms with E-state index in [0.29, 0.717) is 16.9 Å². The zero-order chi connectivity index (χ0) is 17.7. The molecule has 6 heteroatoms. The topological polar surface area (TPSA) is 91.2 Å². The van der Waals surface area contributed by atoms with E-state index in [4.69, 9.17) is 4.74 Å². The van der Waals surface area contributed by atoms with Crippen LogP contribution in [0.5, 0.6) is 17.2 Å². The molecule has 24 heavy (non-hydrogen) atoms. The molecule has 126 valence electrons. The summed E-state index contributed by atoms with van der Waals surface area (Å²) in [6.45, 7) is 3.65. The molecule has 0 radical (unpaired) electrons. The molecule has 2 aromatic carbocycles. The summed E-state index contributed by atoms with van der Waals surface area (Å²) in [5, 5.41) is 23.0. The highest BCUT2D eigenvalue weighted by atomic mass is 16.5. The third kappa shape index (κ3) is 4.49. The van der Waals surface area contributed by atoms with Crippen LogP contribution in [0.1, 0.15) is 22.3 Å². The number of carbonyl (C=O) groups excluding carboxylic acids is 1. The molecule has 0 bridgehead atoms. The van der Waals surface area contributed by atoms with Crippen LogP contribution in [0.15, 0.2) is 35.4 Å². The van der Waals surface area contributed by atoms with E-state index in [0.717, 1.165) is 11.1 Å². The number of phenols is 2. The molecule has 0 aliphatic carbocycles. The summed E-state index contributed by atoms with van der Waals surface area (Å²) in [7, 11) is 1.58. The van der Waals surface area contributed by atoms with E-state index in [-0.39, 0.29) is 23.8 Å². The van der Waals surface area contributed by atoms with Gasteiger partial charge in [-0.25, -0.2) is 5.43 Å². The number of amides is 1. The molecule has 0 fully saturated rings. The summed E-state index contributed by atoms with van der Waals surface area (Å²) in [4.78, 5) is 12.0. The minimum Gasteiger partial charge on any atom is -0.508 e. The van der Waals surface area contributed by atoms with Crippen LogP contribution in [0.2, 0.25) is 0 Å². The standard InChI is InChI=1S/C18H20N2O4/c1-11-4-13(7-15(5-11)24-3)8-18(23)20-19-10-16-12(2)6-14(21)9-17(16)22/h4-7,9-10,21-22H,8H2,1-3H3,(H,20,23)/b19-10+. The molecule has 0 aliphatic rings. The summed E-state index contributed by atoms with van der Waals surface area (Å²) < 4.78 is 5.18. The number of ether oxygens (including phenoxy) is 1. The van der Waals surface area contributed by atoms with Crippen LogP contribution >= 0.6 is 0 Å². The van der Waals surface area contributed by atoms with Crippen molar-refractivity contribution in [2.45, 2.75) is 20.3 Å². The summed E-state index contributed by atoms with van der Waals surface area (Å²) in [6.07, 6.45) is 1.51. The molecular formula is C18H20N2O4. The van der Waals surface area contributed by atoms with Crippen molar-refractivity contribution in [3.8, 4) is 17.2 Å². The van der Waals surface area contributed by atoms with Crippen LogP contribution in [-0.2, 0) is 11.2 Å².